The molecule has 0 aromatic heterocycles. The standard InChI is InChI=1S/C18H12O5/c19-9-10-7-8-18(23-10)12-4-2-1-3-11(12)17(22)15-13(20)5-6-14(21)16(15)18/h1-7,9,20-21H,8H2. The lowest BCUT2D eigenvalue weighted by molar-refractivity contribution is -0.109. The van der Waals surface area contributed by atoms with Crippen LogP contribution in [0, 0.1) is 0 Å². The van der Waals surface area contributed by atoms with Crippen LogP contribution in [0.1, 0.15) is 33.5 Å². The maximum Gasteiger partial charge on any atom is 0.197 e. The van der Waals surface area contributed by atoms with Crippen molar-refractivity contribution in [3.05, 3.63) is 70.5 Å². The zero-order valence-corrected chi connectivity index (χ0v) is 11.9. The summed E-state index contributed by atoms with van der Waals surface area (Å²) < 4.78 is 5.85. The van der Waals surface area contributed by atoms with Gasteiger partial charge in [0.05, 0.1) is 11.1 Å². The predicted molar refractivity (Wildman–Crippen MR) is 80.3 cm³/mol. The third kappa shape index (κ3) is 1.61. The third-order valence-electron chi connectivity index (χ3n) is 4.40. The van der Waals surface area contributed by atoms with Crippen LogP contribution in [0.25, 0.3) is 0 Å². The van der Waals surface area contributed by atoms with Crippen molar-refractivity contribution < 1.29 is 24.5 Å². The molecule has 5 nitrogen and oxygen atoms in total. The summed E-state index contributed by atoms with van der Waals surface area (Å²) in [5.41, 5.74) is 0.00493. The Labute approximate surface area is 131 Å². The van der Waals surface area contributed by atoms with Gasteiger partial charge in [0.1, 0.15) is 11.5 Å². The van der Waals surface area contributed by atoms with Crippen LogP contribution < -0.4 is 0 Å². The number of aromatic hydroxyl groups is 2. The van der Waals surface area contributed by atoms with Gasteiger partial charge in [-0.3, -0.25) is 9.59 Å². The van der Waals surface area contributed by atoms with E-state index in [0.29, 0.717) is 17.4 Å². The smallest absolute Gasteiger partial charge is 0.197 e. The molecular weight excluding hydrogens is 296 g/mol. The first kappa shape index (κ1) is 13.6. The molecule has 0 saturated heterocycles. The molecule has 23 heavy (non-hydrogen) atoms. The van der Waals surface area contributed by atoms with Gasteiger partial charge >= 0.3 is 0 Å². The molecule has 0 saturated carbocycles. The third-order valence-corrected chi connectivity index (χ3v) is 4.40. The molecule has 2 N–H and O–H groups in total. The second-order valence-corrected chi connectivity index (χ2v) is 5.59. The Hall–Kier alpha value is -3.08. The van der Waals surface area contributed by atoms with Crippen molar-refractivity contribution in [1.82, 2.24) is 0 Å². The van der Waals surface area contributed by atoms with Crippen LogP contribution in [-0.2, 0) is 15.1 Å². The molecule has 2 aromatic rings. The number of hydrogen-bond acceptors (Lipinski definition) is 5. The van der Waals surface area contributed by atoms with E-state index in [9.17, 15) is 19.8 Å². The van der Waals surface area contributed by atoms with E-state index in [1.165, 1.54) is 12.1 Å². The van der Waals surface area contributed by atoms with Crippen molar-refractivity contribution in [2.24, 2.45) is 0 Å². The Morgan fingerprint density at radius 1 is 1.09 bits per heavy atom. The van der Waals surface area contributed by atoms with Crippen molar-refractivity contribution >= 4 is 12.1 Å². The Kier molecular flexibility index (Phi) is 2.63. The fraction of sp³-hybridized carbons (Fsp3) is 0.111. The van der Waals surface area contributed by atoms with E-state index in [-0.39, 0.29) is 40.6 Å². The van der Waals surface area contributed by atoms with Gasteiger partial charge in [0, 0.05) is 17.5 Å². The van der Waals surface area contributed by atoms with Crippen LogP contribution in [0.5, 0.6) is 11.5 Å². The van der Waals surface area contributed by atoms with Crippen molar-refractivity contribution in [2.75, 3.05) is 0 Å². The number of aldehydes is 1. The van der Waals surface area contributed by atoms with E-state index in [0.717, 1.165) is 0 Å². The number of hydrogen-bond donors (Lipinski definition) is 2. The van der Waals surface area contributed by atoms with Crippen molar-refractivity contribution in [2.45, 2.75) is 12.0 Å². The molecule has 1 heterocycles. The van der Waals surface area contributed by atoms with Gasteiger partial charge in [-0.25, -0.2) is 0 Å². The fourth-order valence-electron chi connectivity index (χ4n) is 3.44. The topological polar surface area (TPSA) is 83.8 Å². The summed E-state index contributed by atoms with van der Waals surface area (Å²) in [6, 6.07) is 9.46. The van der Waals surface area contributed by atoms with Gasteiger partial charge in [0.15, 0.2) is 23.4 Å². The van der Waals surface area contributed by atoms with E-state index < -0.39 is 5.60 Å². The molecule has 5 heteroatoms. The van der Waals surface area contributed by atoms with Crippen molar-refractivity contribution in [1.29, 1.82) is 0 Å². The summed E-state index contributed by atoms with van der Waals surface area (Å²) >= 11 is 0. The molecular formula is C18H12O5. The van der Waals surface area contributed by atoms with E-state index in [4.69, 9.17) is 4.74 Å². The van der Waals surface area contributed by atoms with E-state index in [1.807, 2.05) is 0 Å². The van der Waals surface area contributed by atoms with E-state index in [2.05, 4.69) is 0 Å². The Morgan fingerprint density at radius 2 is 1.83 bits per heavy atom. The van der Waals surface area contributed by atoms with Gasteiger partial charge in [-0.05, 0) is 18.2 Å². The van der Waals surface area contributed by atoms with Crippen LogP contribution in [-0.4, -0.2) is 22.3 Å². The Bertz CT molecular complexity index is 896. The van der Waals surface area contributed by atoms with E-state index >= 15 is 0 Å². The first-order chi connectivity index (χ1) is 11.1. The molecule has 114 valence electrons. The maximum absolute atomic E-state index is 12.8. The first-order valence-corrected chi connectivity index (χ1v) is 7.12. The first-order valence-electron chi connectivity index (χ1n) is 7.12. The van der Waals surface area contributed by atoms with Gasteiger partial charge in [-0.1, -0.05) is 24.3 Å². The quantitative estimate of drug-likeness (QED) is 0.624. The summed E-state index contributed by atoms with van der Waals surface area (Å²) in [5, 5.41) is 20.5. The summed E-state index contributed by atoms with van der Waals surface area (Å²) in [7, 11) is 0. The molecule has 2 aromatic carbocycles. The zero-order valence-electron chi connectivity index (χ0n) is 11.9. The number of carbonyl (C=O) groups is 2. The SMILES string of the molecule is O=CC1=CCC2(O1)c1ccccc1C(=O)c1c(O)ccc(O)c12. The number of carbonyl (C=O) groups excluding carboxylic acids is 2. The number of phenolic OH excluding ortho intramolecular Hbond substituents is 2. The van der Waals surface area contributed by atoms with Gasteiger partial charge in [-0.15, -0.1) is 0 Å². The average Bonchev–Trinajstić information content (AvgIpc) is 3.00. The van der Waals surface area contributed by atoms with Gasteiger partial charge in [0.2, 0.25) is 0 Å². The number of phenols is 2. The second-order valence-electron chi connectivity index (χ2n) is 5.59. The highest BCUT2D eigenvalue weighted by molar-refractivity contribution is 6.15. The molecule has 1 aliphatic heterocycles. The molecule has 0 radical (unpaired) electrons. The van der Waals surface area contributed by atoms with Crippen molar-refractivity contribution in [3.8, 4) is 11.5 Å². The highest BCUT2D eigenvalue weighted by Gasteiger charge is 2.50. The maximum atomic E-state index is 12.8. The highest BCUT2D eigenvalue weighted by atomic mass is 16.5. The van der Waals surface area contributed by atoms with Crippen LogP contribution in [0.2, 0.25) is 0 Å². The monoisotopic (exact) mass is 308 g/mol. The highest BCUT2D eigenvalue weighted by Crippen LogP contribution is 2.53. The number of ether oxygens (including phenoxy) is 1. The number of fused-ring (bicyclic) bond motifs is 4. The number of benzene rings is 2. The minimum absolute atomic E-state index is 0.0178. The summed E-state index contributed by atoms with van der Waals surface area (Å²) in [6.07, 6.45) is 2.50. The molecule has 0 bridgehead atoms. The molecule has 0 fully saturated rings. The fourth-order valence-corrected chi connectivity index (χ4v) is 3.44. The minimum Gasteiger partial charge on any atom is -0.507 e. The normalized spacial score (nSPS) is 21.4. The average molecular weight is 308 g/mol. The van der Waals surface area contributed by atoms with Gasteiger partial charge in [0.25, 0.3) is 0 Å². The molecule has 1 spiro atoms. The number of allylic oxidation sites excluding steroid dienone is 1. The summed E-state index contributed by atoms with van der Waals surface area (Å²) in [6.45, 7) is 0. The van der Waals surface area contributed by atoms with Crippen LogP contribution in [0.15, 0.2) is 48.2 Å². The molecule has 1 unspecified atom stereocenters. The van der Waals surface area contributed by atoms with Gasteiger partial charge in [-0.2, -0.15) is 0 Å². The Balaban J connectivity index is 2.09. The Morgan fingerprint density at radius 3 is 2.57 bits per heavy atom. The van der Waals surface area contributed by atoms with Crippen LogP contribution in [0.3, 0.4) is 0 Å². The largest absolute Gasteiger partial charge is 0.507 e. The summed E-state index contributed by atoms with van der Waals surface area (Å²) in [4.78, 5) is 23.9. The second kappa shape index (κ2) is 4.46. The molecule has 0 amide bonds. The van der Waals surface area contributed by atoms with Crippen LogP contribution >= 0.6 is 0 Å². The minimum atomic E-state index is -1.18. The lowest BCUT2D eigenvalue weighted by Crippen LogP contribution is -2.35. The molecule has 1 atom stereocenters. The number of rotatable bonds is 1. The molecule has 2 aliphatic rings. The van der Waals surface area contributed by atoms with Gasteiger partial charge < -0.3 is 14.9 Å². The molecule has 1 aliphatic carbocycles. The lowest BCUT2D eigenvalue weighted by Gasteiger charge is -2.37. The molecule has 4 rings (SSSR count). The zero-order chi connectivity index (χ0) is 16.2. The number of ketones is 1. The summed E-state index contributed by atoms with van der Waals surface area (Å²) in [5.74, 6) is -0.610. The van der Waals surface area contributed by atoms with E-state index in [1.54, 1.807) is 30.3 Å². The van der Waals surface area contributed by atoms with Crippen LogP contribution in [0.4, 0.5) is 0 Å². The van der Waals surface area contributed by atoms with Crippen molar-refractivity contribution in [3.63, 3.8) is 0 Å². The predicted octanol–water partition coefficient (Wildman–Crippen LogP) is 2.39. The lowest BCUT2D eigenvalue weighted by atomic mass is 9.72.